The van der Waals surface area contributed by atoms with Crippen molar-refractivity contribution in [1.82, 2.24) is 3.53 Å². The van der Waals surface area contributed by atoms with Crippen LogP contribution in [-0.4, -0.2) is 16.7 Å². The number of hydrogen-bond donors (Lipinski definition) is 2. The molecule has 3 atom stereocenters. The maximum absolute atomic E-state index is 11.0. The first-order chi connectivity index (χ1) is 15.6. The quantitative estimate of drug-likeness (QED) is 0.156. The van der Waals surface area contributed by atoms with E-state index in [2.05, 4.69) is 51.3 Å². The molecule has 1 aromatic carbocycles. The van der Waals surface area contributed by atoms with E-state index in [-0.39, 0.29) is 29.2 Å². The second-order valence-corrected chi connectivity index (χ2v) is 10.5. The van der Waals surface area contributed by atoms with Crippen molar-refractivity contribution in [1.29, 1.82) is 0 Å². The Labute approximate surface area is 223 Å². The summed E-state index contributed by atoms with van der Waals surface area (Å²) in [4.78, 5) is 21.8. The van der Waals surface area contributed by atoms with Crippen LogP contribution in [0.15, 0.2) is 48.7 Å². The molecule has 0 radical (unpaired) electrons. The zero-order valence-electron chi connectivity index (χ0n) is 22.9. The summed E-state index contributed by atoms with van der Waals surface area (Å²) in [6, 6.07) is 6.97. The van der Waals surface area contributed by atoms with Crippen molar-refractivity contribution in [3.63, 3.8) is 0 Å². The predicted molar refractivity (Wildman–Crippen MR) is 155 cm³/mol. The van der Waals surface area contributed by atoms with E-state index in [0.717, 1.165) is 36.4 Å². The van der Waals surface area contributed by atoms with Crippen LogP contribution in [-0.2, 0) is 16.0 Å². The first-order valence-electron chi connectivity index (χ1n) is 12.1. The molecule has 0 fully saturated rings. The summed E-state index contributed by atoms with van der Waals surface area (Å²) >= 11 is 2.04. The number of Topliss-reactive ketones (excluding diaryl/α,β-unsaturated/α-hetero) is 2. The average molecular weight is 586 g/mol. The third-order valence-corrected chi connectivity index (χ3v) is 7.59. The van der Waals surface area contributed by atoms with E-state index in [9.17, 15) is 9.59 Å². The van der Waals surface area contributed by atoms with Gasteiger partial charge < -0.3 is 8.64 Å². The van der Waals surface area contributed by atoms with Crippen LogP contribution in [0.3, 0.4) is 0 Å². The molecule has 0 spiro atoms. The first-order valence-corrected chi connectivity index (χ1v) is 13.2. The zero-order valence-corrected chi connectivity index (χ0v) is 25.1. The highest BCUT2D eigenvalue weighted by Crippen LogP contribution is 2.35. The summed E-state index contributed by atoms with van der Waals surface area (Å²) in [6.45, 7) is 26.0. The normalized spacial score (nSPS) is 13.1. The zero-order chi connectivity index (χ0) is 27.1. The molecule has 0 aliphatic rings. The largest absolute Gasteiger partial charge is 0.508 e. The van der Waals surface area contributed by atoms with Gasteiger partial charge in [-0.25, -0.2) is 0 Å². The Morgan fingerprint density at radius 2 is 1.47 bits per heavy atom. The van der Waals surface area contributed by atoms with Crippen LogP contribution < -0.4 is 3.53 Å². The lowest BCUT2D eigenvalue weighted by atomic mass is 9.74. The van der Waals surface area contributed by atoms with Gasteiger partial charge in [-0.2, -0.15) is 0 Å². The Morgan fingerprint density at radius 3 is 1.79 bits per heavy atom. The van der Waals surface area contributed by atoms with Gasteiger partial charge in [-0.1, -0.05) is 78.8 Å². The van der Waals surface area contributed by atoms with Gasteiger partial charge in [-0.3, -0.25) is 9.59 Å². The van der Waals surface area contributed by atoms with Crippen LogP contribution in [0.2, 0.25) is 0 Å². The highest BCUT2D eigenvalue weighted by atomic mass is 127. The van der Waals surface area contributed by atoms with Gasteiger partial charge in [-0.05, 0) is 69.1 Å². The van der Waals surface area contributed by atoms with Gasteiger partial charge in [0, 0.05) is 17.5 Å². The summed E-state index contributed by atoms with van der Waals surface area (Å²) in [5, 5.41) is 9.03. The molecule has 4 nitrogen and oxygen atoms in total. The van der Waals surface area contributed by atoms with Crippen LogP contribution in [0.25, 0.3) is 0 Å². The van der Waals surface area contributed by atoms with Crippen LogP contribution in [0.1, 0.15) is 87.1 Å². The fourth-order valence-corrected chi connectivity index (χ4v) is 2.97. The number of hydrogen-bond acceptors (Lipinski definition) is 4. The van der Waals surface area contributed by atoms with E-state index < -0.39 is 0 Å². The summed E-state index contributed by atoms with van der Waals surface area (Å²) in [5.74, 6) is 1.68. The molecule has 34 heavy (non-hydrogen) atoms. The molecule has 5 heteroatoms. The van der Waals surface area contributed by atoms with Gasteiger partial charge in [0.2, 0.25) is 0 Å². The minimum Gasteiger partial charge on any atom is -0.508 e. The van der Waals surface area contributed by atoms with E-state index >= 15 is 0 Å². The fraction of sp³-hybridized carbons (Fsp3) is 0.586. The minimum absolute atomic E-state index is 0.0598. The smallest absolute Gasteiger partial charge is 0.132 e. The molecule has 0 saturated heterocycles. The molecule has 0 aliphatic heterocycles. The third-order valence-electron chi connectivity index (χ3n) is 6.82. The van der Waals surface area contributed by atoms with Gasteiger partial charge in [0.05, 0.1) is 22.9 Å². The Hall–Kier alpha value is -1.63. The van der Waals surface area contributed by atoms with E-state index in [1.807, 2.05) is 48.8 Å². The van der Waals surface area contributed by atoms with Crippen LogP contribution in [0.4, 0.5) is 0 Å². The lowest BCUT2D eigenvalue weighted by Gasteiger charge is -2.31. The molecule has 194 valence electrons. The lowest BCUT2D eigenvalue weighted by Crippen LogP contribution is -2.21. The standard InChI is InChI=1S/C11H14O2.C10H20.C8H14INO/c1-8(9(2)12)7-10-3-5-11(13)6-4-10;1-7-9(4)10(5,6)8(2)3;1-6(8(3)11)4-5-7(2)10-9/h3-6,8,13H,7H2,1-2H3;9H,2,7H2,1,3-6H3;6,10H,2,4-5H2,1,3H3/t8-;;6-/m0.0/s1. The first kappa shape index (κ1) is 34.5. The number of ketones is 2. The molecule has 0 amide bonds. The number of phenolic OH excluding ortho intramolecular Hbond substituents is 1. The number of allylic oxidation sites excluding steroid dienone is 2. The number of halogens is 1. The molecule has 0 heterocycles. The van der Waals surface area contributed by atoms with E-state index in [1.165, 1.54) is 12.0 Å². The predicted octanol–water partition coefficient (Wildman–Crippen LogP) is 8.24. The molecule has 2 N–H and O–H groups in total. The summed E-state index contributed by atoms with van der Waals surface area (Å²) in [6.07, 6.45) is 3.75. The Bertz CT molecular complexity index is 768. The van der Waals surface area contributed by atoms with Crippen molar-refractivity contribution in [3.05, 3.63) is 54.3 Å². The lowest BCUT2D eigenvalue weighted by molar-refractivity contribution is -0.121. The maximum atomic E-state index is 11.0. The Balaban J connectivity index is 0. The van der Waals surface area contributed by atoms with Crippen molar-refractivity contribution in [3.8, 4) is 5.75 Å². The number of benzene rings is 1. The van der Waals surface area contributed by atoms with Gasteiger partial charge in [0.1, 0.15) is 17.3 Å². The fourth-order valence-electron chi connectivity index (χ4n) is 2.70. The molecular weight excluding hydrogens is 537 g/mol. The molecule has 1 unspecified atom stereocenters. The average Bonchev–Trinajstić information content (AvgIpc) is 2.78. The second kappa shape index (κ2) is 17.8. The van der Waals surface area contributed by atoms with Gasteiger partial charge in [0.25, 0.3) is 0 Å². The highest BCUT2D eigenvalue weighted by Gasteiger charge is 2.24. The van der Waals surface area contributed by atoms with Gasteiger partial charge >= 0.3 is 0 Å². The maximum Gasteiger partial charge on any atom is 0.132 e. The van der Waals surface area contributed by atoms with Crippen LogP contribution >= 0.6 is 22.9 Å². The number of phenols is 1. The number of carbonyl (C=O) groups is 2. The van der Waals surface area contributed by atoms with Crippen molar-refractivity contribution in [2.75, 3.05) is 0 Å². The van der Waals surface area contributed by atoms with Crippen LogP contribution in [0, 0.1) is 23.2 Å². The summed E-state index contributed by atoms with van der Waals surface area (Å²) in [5.41, 5.74) is 3.68. The summed E-state index contributed by atoms with van der Waals surface area (Å²) in [7, 11) is 0. The molecule has 0 bridgehead atoms. The highest BCUT2D eigenvalue weighted by molar-refractivity contribution is 14.1. The molecule has 1 aromatic rings. The Kier molecular flexibility index (Phi) is 18.0. The SMILES string of the molecule is C=C(C)C(C)(C)C(C)CC.C=C(CC[C@H](C)C(C)=O)NI.CC(=O)[C@@H](C)Cc1ccc(O)cc1. The Morgan fingerprint density at radius 1 is 1.00 bits per heavy atom. The topological polar surface area (TPSA) is 66.4 Å². The summed E-state index contributed by atoms with van der Waals surface area (Å²) < 4.78 is 2.92. The van der Waals surface area contributed by atoms with Crippen LogP contribution in [0.5, 0.6) is 5.75 Å². The van der Waals surface area contributed by atoms with Crippen molar-refractivity contribution < 1.29 is 14.7 Å². The van der Waals surface area contributed by atoms with E-state index in [0.29, 0.717) is 5.41 Å². The van der Waals surface area contributed by atoms with Crippen molar-refractivity contribution >= 4 is 34.4 Å². The molecule has 0 aliphatic carbocycles. The van der Waals surface area contributed by atoms with Crippen molar-refractivity contribution in [2.45, 2.75) is 88.0 Å². The minimum atomic E-state index is 0.0598. The van der Waals surface area contributed by atoms with Gasteiger partial charge in [0.15, 0.2) is 0 Å². The number of carbonyl (C=O) groups excluding carboxylic acids is 2. The number of rotatable bonds is 11. The van der Waals surface area contributed by atoms with Crippen molar-refractivity contribution in [2.24, 2.45) is 23.2 Å². The van der Waals surface area contributed by atoms with E-state index in [4.69, 9.17) is 5.11 Å². The molecular formula is C29H48INO3. The molecule has 0 saturated carbocycles. The number of nitrogens with one attached hydrogen (secondary N) is 1. The molecule has 0 aromatic heterocycles. The third kappa shape index (κ3) is 15.3. The monoisotopic (exact) mass is 585 g/mol. The number of aromatic hydroxyl groups is 1. The second-order valence-electron chi connectivity index (χ2n) is 9.94. The molecule has 1 rings (SSSR count). The van der Waals surface area contributed by atoms with E-state index in [1.54, 1.807) is 26.0 Å². The van der Waals surface area contributed by atoms with Gasteiger partial charge in [-0.15, -0.1) is 0 Å².